The molecule has 1 heterocycles. The lowest BCUT2D eigenvalue weighted by Gasteiger charge is -2.17. The van der Waals surface area contributed by atoms with Crippen molar-refractivity contribution in [3.8, 4) is 16.9 Å². The third-order valence-electron chi connectivity index (χ3n) is 3.08. The molecule has 0 aliphatic heterocycles. The average molecular weight is 324 g/mol. The van der Waals surface area contributed by atoms with E-state index in [9.17, 15) is 18.0 Å². The summed E-state index contributed by atoms with van der Waals surface area (Å²) in [5, 5.41) is 2.56. The van der Waals surface area contributed by atoms with Gasteiger partial charge in [0.15, 0.2) is 0 Å². The van der Waals surface area contributed by atoms with Gasteiger partial charge in [-0.15, -0.1) is 13.2 Å². The molecular formula is C16H15F3N2O2. The maximum atomic E-state index is 12.6. The van der Waals surface area contributed by atoms with Gasteiger partial charge in [-0.2, -0.15) is 0 Å². The third-order valence-corrected chi connectivity index (χ3v) is 3.08. The maximum absolute atomic E-state index is 12.6. The van der Waals surface area contributed by atoms with E-state index >= 15 is 0 Å². The second-order valence-electron chi connectivity index (χ2n) is 5.01. The zero-order chi connectivity index (χ0) is 17.2. The molecule has 0 saturated heterocycles. The number of nitrogens with one attached hydrogen (secondary N) is 1. The van der Waals surface area contributed by atoms with Crippen molar-refractivity contribution in [3.63, 3.8) is 0 Å². The summed E-state index contributed by atoms with van der Waals surface area (Å²) in [5.74, 6) is -0.212. The smallest absolute Gasteiger partial charge is 0.405 e. The SMILES string of the molecule is CC(=O)Nc1cc(C)c(-c2ccccc2OC(F)(F)F)c(C)n1. The molecule has 4 nitrogen and oxygen atoms in total. The number of rotatable bonds is 3. The number of carbonyl (C=O) groups excluding carboxylic acids is 1. The lowest BCUT2D eigenvalue weighted by Crippen LogP contribution is -2.17. The average Bonchev–Trinajstić information content (AvgIpc) is 2.37. The highest BCUT2D eigenvalue weighted by Crippen LogP contribution is 2.37. The minimum Gasteiger partial charge on any atom is -0.405 e. The minimum absolute atomic E-state index is 0.273. The third kappa shape index (κ3) is 4.21. The number of alkyl halides is 3. The molecule has 0 aliphatic carbocycles. The molecule has 0 fully saturated rings. The Morgan fingerprint density at radius 3 is 2.43 bits per heavy atom. The number of amides is 1. The molecule has 2 rings (SSSR count). The van der Waals surface area contributed by atoms with Gasteiger partial charge in [0.25, 0.3) is 0 Å². The highest BCUT2D eigenvalue weighted by atomic mass is 19.4. The molecule has 1 aromatic heterocycles. The van der Waals surface area contributed by atoms with Gasteiger partial charge in [-0.25, -0.2) is 4.98 Å². The van der Waals surface area contributed by atoms with Crippen LogP contribution in [0.15, 0.2) is 30.3 Å². The number of benzene rings is 1. The minimum atomic E-state index is -4.78. The van der Waals surface area contributed by atoms with Crippen molar-refractivity contribution >= 4 is 11.7 Å². The molecule has 0 spiro atoms. The van der Waals surface area contributed by atoms with Gasteiger partial charge in [-0.05, 0) is 31.5 Å². The fourth-order valence-electron chi connectivity index (χ4n) is 2.37. The molecular weight excluding hydrogens is 309 g/mol. The van der Waals surface area contributed by atoms with Crippen LogP contribution >= 0.6 is 0 Å². The van der Waals surface area contributed by atoms with Crippen molar-refractivity contribution in [2.45, 2.75) is 27.1 Å². The van der Waals surface area contributed by atoms with Crippen LogP contribution in [0.5, 0.6) is 5.75 Å². The first-order chi connectivity index (χ1) is 10.7. The van der Waals surface area contributed by atoms with Crippen LogP contribution in [-0.2, 0) is 4.79 Å². The number of para-hydroxylation sites is 1. The predicted octanol–water partition coefficient (Wildman–Crippen LogP) is 4.22. The van der Waals surface area contributed by atoms with Crippen LogP contribution in [0.4, 0.5) is 19.0 Å². The Bertz CT molecular complexity index is 719. The lowest BCUT2D eigenvalue weighted by molar-refractivity contribution is -0.274. The molecule has 0 bridgehead atoms. The van der Waals surface area contributed by atoms with E-state index in [1.54, 1.807) is 26.0 Å². The monoisotopic (exact) mass is 324 g/mol. The molecule has 1 N–H and O–H groups in total. The zero-order valence-corrected chi connectivity index (χ0v) is 12.8. The quantitative estimate of drug-likeness (QED) is 0.919. The van der Waals surface area contributed by atoms with Crippen LogP contribution in [-0.4, -0.2) is 17.3 Å². The first-order valence-corrected chi connectivity index (χ1v) is 6.78. The van der Waals surface area contributed by atoms with Gasteiger partial charge in [0.05, 0.1) is 0 Å². The Morgan fingerprint density at radius 2 is 1.87 bits per heavy atom. The number of pyridine rings is 1. The summed E-state index contributed by atoms with van der Waals surface area (Å²) in [6, 6.07) is 7.49. The van der Waals surface area contributed by atoms with Crippen LogP contribution in [0.3, 0.4) is 0 Å². The molecule has 7 heteroatoms. The van der Waals surface area contributed by atoms with Crippen molar-refractivity contribution in [3.05, 3.63) is 41.6 Å². The maximum Gasteiger partial charge on any atom is 0.573 e. The van der Waals surface area contributed by atoms with E-state index < -0.39 is 6.36 Å². The first kappa shape index (κ1) is 16.8. The van der Waals surface area contributed by atoms with E-state index in [0.29, 0.717) is 28.2 Å². The molecule has 122 valence electrons. The van der Waals surface area contributed by atoms with E-state index in [0.717, 1.165) is 0 Å². The summed E-state index contributed by atoms with van der Waals surface area (Å²) in [4.78, 5) is 15.3. The van der Waals surface area contributed by atoms with Crippen LogP contribution in [0, 0.1) is 13.8 Å². The van der Waals surface area contributed by atoms with E-state index in [1.165, 1.54) is 25.1 Å². The lowest BCUT2D eigenvalue weighted by atomic mass is 9.98. The Balaban J connectivity index is 2.53. The van der Waals surface area contributed by atoms with Gasteiger partial charge in [-0.1, -0.05) is 18.2 Å². The summed E-state index contributed by atoms with van der Waals surface area (Å²) < 4.78 is 41.8. The fraction of sp³-hybridized carbons (Fsp3) is 0.250. The molecule has 0 unspecified atom stereocenters. The highest BCUT2D eigenvalue weighted by molar-refractivity contribution is 5.88. The normalized spacial score (nSPS) is 11.2. The van der Waals surface area contributed by atoms with Crippen molar-refractivity contribution in [2.75, 3.05) is 5.32 Å². The van der Waals surface area contributed by atoms with Gasteiger partial charge in [0, 0.05) is 23.7 Å². The van der Waals surface area contributed by atoms with Gasteiger partial charge in [0.2, 0.25) is 5.91 Å². The Kier molecular flexibility index (Phi) is 4.58. The predicted molar refractivity (Wildman–Crippen MR) is 80.1 cm³/mol. The second-order valence-corrected chi connectivity index (χ2v) is 5.01. The largest absolute Gasteiger partial charge is 0.573 e. The Morgan fingerprint density at radius 1 is 1.22 bits per heavy atom. The van der Waals surface area contributed by atoms with Crippen molar-refractivity contribution in [1.82, 2.24) is 4.98 Å². The number of ether oxygens (including phenoxy) is 1. The van der Waals surface area contributed by atoms with E-state index in [4.69, 9.17) is 0 Å². The molecule has 1 aromatic carbocycles. The summed E-state index contributed by atoms with van der Waals surface area (Å²) >= 11 is 0. The number of hydrogen-bond acceptors (Lipinski definition) is 3. The summed E-state index contributed by atoms with van der Waals surface area (Å²) in [6.07, 6.45) is -4.78. The number of hydrogen-bond donors (Lipinski definition) is 1. The van der Waals surface area contributed by atoms with Crippen LogP contribution in [0.1, 0.15) is 18.2 Å². The summed E-state index contributed by atoms with van der Waals surface area (Å²) in [5.41, 5.74) is 2.01. The van der Waals surface area contributed by atoms with Gasteiger partial charge >= 0.3 is 6.36 Å². The topological polar surface area (TPSA) is 51.2 Å². The first-order valence-electron chi connectivity index (χ1n) is 6.78. The number of aryl methyl sites for hydroxylation is 2. The van der Waals surface area contributed by atoms with E-state index in [2.05, 4.69) is 15.0 Å². The molecule has 0 saturated carbocycles. The Labute approximate surface area is 131 Å². The second kappa shape index (κ2) is 6.28. The number of halogens is 3. The molecule has 1 amide bonds. The molecule has 2 aromatic rings. The number of aromatic nitrogens is 1. The van der Waals surface area contributed by atoms with E-state index in [-0.39, 0.29) is 11.7 Å². The molecule has 23 heavy (non-hydrogen) atoms. The summed E-state index contributed by atoms with van der Waals surface area (Å²) in [6.45, 7) is 4.75. The number of anilines is 1. The van der Waals surface area contributed by atoms with Crippen molar-refractivity contribution < 1.29 is 22.7 Å². The number of nitrogens with zero attached hydrogens (tertiary/aromatic N) is 1. The van der Waals surface area contributed by atoms with E-state index in [1.807, 2.05) is 0 Å². The van der Waals surface area contributed by atoms with Crippen molar-refractivity contribution in [1.29, 1.82) is 0 Å². The van der Waals surface area contributed by atoms with Gasteiger partial charge in [-0.3, -0.25) is 4.79 Å². The Hall–Kier alpha value is -2.57. The van der Waals surface area contributed by atoms with Crippen LogP contribution in [0.25, 0.3) is 11.1 Å². The number of carbonyl (C=O) groups is 1. The molecule has 0 radical (unpaired) electrons. The standard InChI is InChI=1S/C16H15F3N2O2/c1-9-8-14(21-11(3)22)20-10(2)15(9)12-6-4-5-7-13(12)23-16(17,18)19/h4-8H,1-3H3,(H,20,21,22). The van der Waals surface area contributed by atoms with Crippen molar-refractivity contribution in [2.24, 2.45) is 0 Å². The fourth-order valence-corrected chi connectivity index (χ4v) is 2.37. The molecule has 0 aliphatic rings. The summed E-state index contributed by atoms with van der Waals surface area (Å²) in [7, 11) is 0. The highest BCUT2D eigenvalue weighted by Gasteiger charge is 2.32. The van der Waals surface area contributed by atoms with Gasteiger partial charge in [0.1, 0.15) is 11.6 Å². The van der Waals surface area contributed by atoms with Gasteiger partial charge < -0.3 is 10.1 Å². The zero-order valence-electron chi connectivity index (χ0n) is 12.8. The van der Waals surface area contributed by atoms with Crippen LogP contribution < -0.4 is 10.1 Å². The van der Waals surface area contributed by atoms with Crippen LogP contribution in [0.2, 0.25) is 0 Å². The molecule has 0 atom stereocenters.